The molecule has 0 spiro atoms. The second-order valence-corrected chi connectivity index (χ2v) is 4.57. The Kier molecular flexibility index (Phi) is 1.53. The van der Waals surface area contributed by atoms with Crippen molar-refractivity contribution in [1.82, 2.24) is 0 Å². The number of rotatable bonds is 0. The number of halogens is 1. The molecule has 3 heteroatoms. The van der Waals surface area contributed by atoms with Crippen molar-refractivity contribution in [2.75, 3.05) is 0 Å². The highest BCUT2D eigenvalue weighted by atomic mass is 35.5. The van der Waals surface area contributed by atoms with Gasteiger partial charge in [-0.15, -0.1) is 11.8 Å². The van der Waals surface area contributed by atoms with E-state index in [0.29, 0.717) is 11.0 Å². The summed E-state index contributed by atoms with van der Waals surface area (Å²) >= 11 is 7.40. The van der Waals surface area contributed by atoms with Crippen molar-refractivity contribution in [3.05, 3.63) is 10.4 Å². The van der Waals surface area contributed by atoms with Crippen LogP contribution in [0.3, 0.4) is 0 Å². The smallest absolute Gasteiger partial charge is 0.140 e. The minimum Gasteiger partial charge on any atom is -0.299 e. The molecule has 2 rings (SSSR count). The van der Waals surface area contributed by atoms with Gasteiger partial charge in [-0.05, 0) is 12.5 Å². The van der Waals surface area contributed by atoms with Gasteiger partial charge in [-0.1, -0.05) is 11.6 Å². The van der Waals surface area contributed by atoms with Crippen LogP contribution in [0.1, 0.15) is 12.8 Å². The quantitative estimate of drug-likeness (QED) is 0.560. The van der Waals surface area contributed by atoms with E-state index in [1.165, 1.54) is 0 Å². The second kappa shape index (κ2) is 2.28. The van der Waals surface area contributed by atoms with E-state index in [-0.39, 0.29) is 5.92 Å². The Labute approximate surface area is 68.8 Å². The lowest BCUT2D eigenvalue weighted by Gasteiger charge is -2.02. The molecule has 0 aromatic rings. The van der Waals surface area contributed by atoms with E-state index in [0.717, 1.165) is 17.2 Å². The molecule has 1 fully saturated rings. The summed E-state index contributed by atoms with van der Waals surface area (Å²) in [5, 5.41) is 0.472. The molecule has 0 aromatic heterocycles. The van der Waals surface area contributed by atoms with Crippen molar-refractivity contribution >= 4 is 29.1 Å². The van der Waals surface area contributed by atoms with Gasteiger partial charge in [-0.3, -0.25) is 4.79 Å². The molecule has 0 aromatic carbocycles. The molecule has 1 nitrogen and oxygen atoms in total. The molecule has 1 heterocycles. The van der Waals surface area contributed by atoms with Gasteiger partial charge in [0.05, 0.1) is 10.3 Å². The first kappa shape index (κ1) is 6.74. The molecule has 2 aliphatic rings. The molecule has 2 unspecified atom stereocenters. The zero-order valence-corrected chi connectivity index (χ0v) is 6.91. The van der Waals surface area contributed by atoms with Crippen molar-refractivity contribution < 1.29 is 4.79 Å². The van der Waals surface area contributed by atoms with Crippen LogP contribution in [0, 0.1) is 5.92 Å². The topological polar surface area (TPSA) is 17.1 Å². The Bertz CT molecular complexity index is 212. The first-order chi connectivity index (χ1) is 4.77. The van der Waals surface area contributed by atoms with Gasteiger partial charge in [0.2, 0.25) is 0 Å². The van der Waals surface area contributed by atoms with Gasteiger partial charge in [0, 0.05) is 11.7 Å². The van der Waals surface area contributed by atoms with E-state index in [4.69, 9.17) is 11.6 Å². The Morgan fingerprint density at radius 3 is 3.20 bits per heavy atom. The van der Waals surface area contributed by atoms with Gasteiger partial charge in [-0.2, -0.15) is 0 Å². The Morgan fingerprint density at radius 1 is 1.70 bits per heavy atom. The third kappa shape index (κ3) is 0.903. The van der Waals surface area contributed by atoms with Crippen LogP contribution in [0.5, 0.6) is 0 Å². The van der Waals surface area contributed by atoms with E-state index in [2.05, 4.69) is 0 Å². The fourth-order valence-corrected chi connectivity index (χ4v) is 3.10. The molecule has 0 bridgehead atoms. The lowest BCUT2D eigenvalue weighted by Crippen LogP contribution is -2.08. The maximum absolute atomic E-state index is 11.1. The zero-order valence-electron chi connectivity index (χ0n) is 5.34. The number of ketones is 1. The maximum atomic E-state index is 11.1. The van der Waals surface area contributed by atoms with E-state index in [1.54, 1.807) is 11.8 Å². The monoisotopic (exact) mass is 174 g/mol. The summed E-state index contributed by atoms with van der Waals surface area (Å²) in [5.41, 5.74) is 0. The molecule has 1 aliphatic carbocycles. The number of fused-ring (bicyclic) bond motifs is 1. The fraction of sp³-hybridized carbons (Fsp3) is 0.571. The summed E-state index contributed by atoms with van der Waals surface area (Å²) in [5.74, 6) is 0.519. The van der Waals surface area contributed by atoms with E-state index in [9.17, 15) is 4.79 Å². The first-order valence-electron chi connectivity index (χ1n) is 3.34. The largest absolute Gasteiger partial charge is 0.299 e. The minimum absolute atomic E-state index is 0.150. The Balaban J connectivity index is 2.24. The molecule has 0 saturated heterocycles. The molecule has 1 saturated carbocycles. The van der Waals surface area contributed by atoms with Crippen molar-refractivity contribution in [3.63, 3.8) is 0 Å². The third-order valence-electron chi connectivity index (χ3n) is 2.02. The molecule has 2 atom stereocenters. The highest BCUT2D eigenvalue weighted by molar-refractivity contribution is 8.05. The maximum Gasteiger partial charge on any atom is 0.140 e. The van der Waals surface area contributed by atoms with Crippen LogP contribution in [0.15, 0.2) is 10.4 Å². The third-order valence-corrected chi connectivity index (χ3v) is 3.61. The normalized spacial score (nSPS) is 38.1. The number of allylic oxidation sites excluding steroid dienone is 1. The molecule has 54 valence electrons. The summed E-state index contributed by atoms with van der Waals surface area (Å²) in [6.45, 7) is 0. The number of Topliss-reactive ketones (excluding diaryl/α,β-unsaturated/α-hetero) is 1. The Morgan fingerprint density at radius 2 is 2.50 bits per heavy atom. The van der Waals surface area contributed by atoms with Gasteiger partial charge in [-0.25, -0.2) is 0 Å². The van der Waals surface area contributed by atoms with E-state index in [1.807, 2.05) is 6.08 Å². The standard InChI is InChI=1S/C7H7ClOS/c8-7-3-4-5(9)1-2-6(4)10-7/h3-4,6H,1-2H2. The van der Waals surface area contributed by atoms with Crippen LogP contribution in [0.2, 0.25) is 0 Å². The lowest BCUT2D eigenvalue weighted by molar-refractivity contribution is -0.119. The molecule has 0 radical (unpaired) electrons. The van der Waals surface area contributed by atoms with Crippen LogP contribution in [0.25, 0.3) is 0 Å². The predicted molar refractivity (Wildman–Crippen MR) is 43.0 cm³/mol. The number of carbonyl (C=O) groups excluding carboxylic acids is 1. The zero-order chi connectivity index (χ0) is 7.14. The summed E-state index contributed by atoms with van der Waals surface area (Å²) in [7, 11) is 0. The van der Waals surface area contributed by atoms with Crippen LogP contribution in [-0.2, 0) is 4.79 Å². The number of hydrogen-bond acceptors (Lipinski definition) is 2. The average molecular weight is 175 g/mol. The molecule has 0 N–H and O–H groups in total. The molecule has 1 aliphatic heterocycles. The van der Waals surface area contributed by atoms with Gasteiger partial charge >= 0.3 is 0 Å². The van der Waals surface area contributed by atoms with Crippen LogP contribution >= 0.6 is 23.4 Å². The average Bonchev–Trinajstić information content (AvgIpc) is 2.35. The summed E-state index contributed by atoms with van der Waals surface area (Å²) in [6, 6.07) is 0. The van der Waals surface area contributed by atoms with Gasteiger partial charge in [0.25, 0.3) is 0 Å². The minimum atomic E-state index is 0.150. The highest BCUT2D eigenvalue weighted by Crippen LogP contribution is 2.45. The van der Waals surface area contributed by atoms with Crippen molar-refractivity contribution in [1.29, 1.82) is 0 Å². The summed E-state index contributed by atoms with van der Waals surface area (Å²) in [4.78, 5) is 11.1. The number of hydrogen-bond donors (Lipinski definition) is 0. The number of thioether (sulfide) groups is 1. The van der Waals surface area contributed by atoms with Crippen LogP contribution < -0.4 is 0 Å². The van der Waals surface area contributed by atoms with Gasteiger partial charge in [0.15, 0.2) is 0 Å². The van der Waals surface area contributed by atoms with Crippen molar-refractivity contribution in [2.24, 2.45) is 5.92 Å². The molecule has 10 heavy (non-hydrogen) atoms. The second-order valence-electron chi connectivity index (χ2n) is 2.66. The molecule has 0 amide bonds. The summed E-state index contributed by atoms with van der Waals surface area (Å²) in [6.07, 6.45) is 3.66. The molecular formula is C7H7ClOS. The SMILES string of the molecule is O=C1CCC2SC(Cl)=CC12. The van der Waals surface area contributed by atoms with Crippen LogP contribution in [-0.4, -0.2) is 11.0 Å². The number of carbonyl (C=O) groups is 1. The molecular weight excluding hydrogens is 168 g/mol. The van der Waals surface area contributed by atoms with Crippen molar-refractivity contribution in [2.45, 2.75) is 18.1 Å². The lowest BCUT2D eigenvalue weighted by atomic mass is 10.1. The van der Waals surface area contributed by atoms with Crippen LogP contribution in [0.4, 0.5) is 0 Å². The highest BCUT2D eigenvalue weighted by Gasteiger charge is 2.38. The van der Waals surface area contributed by atoms with E-state index < -0.39 is 0 Å². The predicted octanol–water partition coefficient (Wildman–Crippen LogP) is 2.16. The van der Waals surface area contributed by atoms with Gasteiger partial charge < -0.3 is 0 Å². The van der Waals surface area contributed by atoms with E-state index >= 15 is 0 Å². The Hall–Kier alpha value is 0.0500. The van der Waals surface area contributed by atoms with Gasteiger partial charge in [0.1, 0.15) is 5.78 Å². The fourth-order valence-electron chi connectivity index (χ4n) is 1.50. The van der Waals surface area contributed by atoms with Crippen molar-refractivity contribution in [3.8, 4) is 0 Å². The summed E-state index contributed by atoms with van der Waals surface area (Å²) < 4.78 is 0.808. The first-order valence-corrected chi connectivity index (χ1v) is 4.60.